The Bertz CT molecular complexity index is 421. The van der Waals surface area contributed by atoms with Crippen molar-refractivity contribution in [3.8, 4) is 0 Å². The van der Waals surface area contributed by atoms with Crippen LogP contribution in [-0.2, 0) is 18.9 Å². The predicted molar refractivity (Wildman–Crippen MR) is 85.8 cm³/mol. The van der Waals surface area contributed by atoms with Gasteiger partial charge in [0.25, 0.3) is 0 Å². The molecule has 1 fully saturated rings. The van der Waals surface area contributed by atoms with Crippen LogP contribution < -0.4 is 5.32 Å². The fraction of sp³-hybridized carbons (Fsp3) is 0.588. The minimum atomic E-state index is -0.154. The van der Waals surface area contributed by atoms with Crippen LogP contribution >= 0.6 is 0 Å². The van der Waals surface area contributed by atoms with Crippen LogP contribution in [0.15, 0.2) is 24.3 Å². The van der Waals surface area contributed by atoms with E-state index in [0.717, 1.165) is 24.9 Å². The third kappa shape index (κ3) is 7.20. The molecule has 2 rings (SSSR count). The molecule has 0 saturated carbocycles. The Hall–Kier alpha value is -1.31. The lowest BCUT2D eigenvalue weighted by molar-refractivity contribution is -0.0342. The molecule has 0 radical (unpaired) electrons. The summed E-state index contributed by atoms with van der Waals surface area (Å²) in [4.78, 5) is 10.7. The molecular formula is C17H25NO5. The average Bonchev–Trinajstić information content (AvgIpc) is 2.60. The summed E-state index contributed by atoms with van der Waals surface area (Å²) in [6, 6.07) is 7.40. The molecule has 0 aromatic heterocycles. The minimum absolute atomic E-state index is 0.154. The van der Waals surface area contributed by atoms with Crippen molar-refractivity contribution < 1.29 is 23.7 Å². The van der Waals surface area contributed by atoms with E-state index in [-0.39, 0.29) is 6.10 Å². The Morgan fingerprint density at radius 2 is 1.52 bits per heavy atom. The highest BCUT2D eigenvalue weighted by molar-refractivity contribution is 5.74. The minimum Gasteiger partial charge on any atom is -0.378 e. The molecule has 1 aliphatic heterocycles. The second kappa shape index (κ2) is 11.3. The summed E-state index contributed by atoms with van der Waals surface area (Å²) in [6.45, 7) is 5.49. The van der Waals surface area contributed by atoms with E-state index in [1.165, 1.54) is 0 Å². The van der Waals surface area contributed by atoms with Crippen LogP contribution in [0.5, 0.6) is 0 Å². The lowest BCUT2D eigenvalue weighted by Gasteiger charge is -2.19. The average molecular weight is 323 g/mol. The van der Waals surface area contributed by atoms with E-state index in [2.05, 4.69) is 5.32 Å². The van der Waals surface area contributed by atoms with Crippen molar-refractivity contribution in [1.82, 2.24) is 5.32 Å². The van der Waals surface area contributed by atoms with Crippen LogP contribution in [0.1, 0.15) is 22.0 Å². The monoisotopic (exact) mass is 323 g/mol. The van der Waals surface area contributed by atoms with Gasteiger partial charge >= 0.3 is 0 Å². The molecule has 1 aliphatic rings. The van der Waals surface area contributed by atoms with E-state index in [0.29, 0.717) is 51.8 Å². The molecule has 128 valence electrons. The number of carbonyl (C=O) groups is 1. The third-order valence-electron chi connectivity index (χ3n) is 3.48. The van der Waals surface area contributed by atoms with E-state index >= 15 is 0 Å². The van der Waals surface area contributed by atoms with Crippen molar-refractivity contribution in [3.05, 3.63) is 35.4 Å². The van der Waals surface area contributed by atoms with Crippen molar-refractivity contribution >= 4 is 6.29 Å². The number of carbonyl (C=O) groups excluding carboxylic acids is 1. The number of rotatable bonds is 2. The normalized spacial score (nSPS) is 22.7. The first-order valence-corrected chi connectivity index (χ1v) is 8.01. The van der Waals surface area contributed by atoms with Crippen molar-refractivity contribution in [2.45, 2.75) is 6.10 Å². The summed E-state index contributed by atoms with van der Waals surface area (Å²) in [6.07, 6.45) is 0.680. The van der Waals surface area contributed by atoms with E-state index in [1.807, 2.05) is 12.1 Å². The largest absolute Gasteiger partial charge is 0.378 e. The molecule has 23 heavy (non-hydrogen) atoms. The molecule has 1 aromatic carbocycles. The lowest BCUT2D eigenvalue weighted by Crippen LogP contribution is -2.25. The lowest BCUT2D eigenvalue weighted by atomic mass is 10.1. The van der Waals surface area contributed by atoms with Gasteiger partial charge < -0.3 is 24.3 Å². The maximum absolute atomic E-state index is 10.7. The molecule has 1 N–H and O–H groups in total. The summed E-state index contributed by atoms with van der Waals surface area (Å²) in [5.41, 5.74) is 1.66. The number of aldehydes is 1. The van der Waals surface area contributed by atoms with Crippen LogP contribution in [0.2, 0.25) is 0 Å². The van der Waals surface area contributed by atoms with Gasteiger partial charge in [-0.25, -0.2) is 0 Å². The Morgan fingerprint density at radius 1 is 0.870 bits per heavy atom. The topological polar surface area (TPSA) is 66.0 Å². The number of hydrogen-bond acceptors (Lipinski definition) is 6. The van der Waals surface area contributed by atoms with Gasteiger partial charge in [0.05, 0.1) is 46.2 Å². The van der Waals surface area contributed by atoms with Crippen LogP contribution in [0, 0.1) is 0 Å². The second-order valence-corrected chi connectivity index (χ2v) is 5.19. The third-order valence-corrected chi connectivity index (χ3v) is 3.48. The summed E-state index contributed by atoms with van der Waals surface area (Å²) in [5, 5.41) is 3.27. The molecule has 6 nitrogen and oxygen atoms in total. The summed E-state index contributed by atoms with van der Waals surface area (Å²) < 4.78 is 22.4. The van der Waals surface area contributed by atoms with Crippen LogP contribution in [0.25, 0.3) is 0 Å². The van der Waals surface area contributed by atoms with Gasteiger partial charge in [-0.15, -0.1) is 0 Å². The first-order chi connectivity index (χ1) is 11.4. The van der Waals surface area contributed by atoms with E-state index in [4.69, 9.17) is 18.9 Å². The van der Waals surface area contributed by atoms with Gasteiger partial charge in [-0.05, 0) is 5.56 Å². The van der Waals surface area contributed by atoms with Crippen molar-refractivity contribution in [2.24, 2.45) is 0 Å². The van der Waals surface area contributed by atoms with E-state index < -0.39 is 0 Å². The molecular weight excluding hydrogens is 298 g/mol. The number of hydrogen-bond donors (Lipinski definition) is 1. The highest BCUT2D eigenvalue weighted by Gasteiger charge is 2.12. The van der Waals surface area contributed by atoms with Crippen molar-refractivity contribution in [2.75, 3.05) is 59.3 Å². The zero-order valence-electron chi connectivity index (χ0n) is 13.4. The number of ether oxygens (including phenoxy) is 4. The van der Waals surface area contributed by atoms with Crippen molar-refractivity contribution in [3.63, 3.8) is 0 Å². The predicted octanol–water partition coefficient (Wildman–Crippen LogP) is 1.21. The van der Waals surface area contributed by atoms with E-state index in [9.17, 15) is 4.79 Å². The molecule has 0 amide bonds. The van der Waals surface area contributed by atoms with Gasteiger partial charge in [0.15, 0.2) is 0 Å². The zero-order chi connectivity index (χ0) is 16.2. The van der Waals surface area contributed by atoms with Crippen molar-refractivity contribution in [1.29, 1.82) is 0 Å². The van der Waals surface area contributed by atoms with Gasteiger partial charge in [-0.3, -0.25) is 4.79 Å². The molecule has 0 aliphatic carbocycles. The molecule has 1 saturated heterocycles. The molecule has 0 spiro atoms. The maximum atomic E-state index is 10.7. The highest BCUT2D eigenvalue weighted by Crippen LogP contribution is 2.18. The summed E-state index contributed by atoms with van der Waals surface area (Å²) >= 11 is 0. The Morgan fingerprint density at radius 3 is 2.26 bits per heavy atom. The highest BCUT2D eigenvalue weighted by atomic mass is 16.6. The molecule has 1 unspecified atom stereocenters. The Balaban J connectivity index is 1.89. The molecule has 1 heterocycles. The zero-order valence-corrected chi connectivity index (χ0v) is 13.4. The van der Waals surface area contributed by atoms with Crippen LogP contribution in [-0.4, -0.2) is 65.6 Å². The van der Waals surface area contributed by atoms with Gasteiger partial charge in [-0.1, -0.05) is 24.3 Å². The fourth-order valence-corrected chi connectivity index (χ4v) is 2.20. The van der Waals surface area contributed by atoms with Crippen LogP contribution in [0.3, 0.4) is 0 Å². The van der Waals surface area contributed by atoms with Gasteiger partial charge in [0, 0.05) is 18.7 Å². The molecule has 6 heteroatoms. The standard InChI is InChI=1S/C17H25NO5/c19-13-15-1-3-16(4-2-15)17-14-22-12-11-21-10-9-20-7-5-18-6-8-23-17/h1-4,13,17-18H,5-12,14H2. The summed E-state index contributed by atoms with van der Waals surface area (Å²) in [7, 11) is 0. The maximum Gasteiger partial charge on any atom is 0.150 e. The SMILES string of the molecule is O=Cc1ccc(C2COCCOCCOCCNCCO2)cc1. The first kappa shape index (κ1) is 18.0. The quantitative estimate of drug-likeness (QED) is 0.825. The molecule has 1 atom stereocenters. The van der Waals surface area contributed by atoms with Gasteiger partial charge in [0.2, 0.25) is 0 Å². The second-order valence-electron chi connectivity index (χ2n) is 5.19. The molecule has 1 aromatic rings. The van der Waals surface area contributed by atoms with Gasteiger partial charge in [-0.2, -0.15) is 0 Å². The Labute approximate surface area is 137 Å². The fourth-order valence-electron chi connectivity index (χ4n) is 2.20. The molecule has 0 bridgehead atoms. The summed E-state index contributed by atoms with van der Waals surface area (Å²) in [5.74, 6) is 0. The number of benzene rings is 1. The van der Waals surface area contributed by atoms with Gasteiger partial charge in [0.1, 0.15) is 12.4 Å². The van der Waals surface area contributed by atoms with Crippen LogP contribution in [0.4, 0.5) is 0 Å². The van der Waals surface area contributed by atoms with E-state index in [1.54, 1.807) is 12.1 Å². The Kier molecular flexibility index (Phi) is 8.83. The number of nitrogens with one attached hydrogen (secondary N) is 1. The smallest absolute Gasteiger partial charge is 0.150 e. The first-order valence-electron chi connectivity index (χ1n) is 8.01.